The first-order valence-electron chi connectivity index (χ1n) is 5.78. The number of nitrogens with two attached hydrogens (primary N) is 1. The molecule has 0 radical (unpaired) electrons. The van der Waals surface area contributed by atoms with E-state index in [1.165, 1.54) is 12.3 Å². The Morgan fingerprint density at radius 3 is 2.55 bits per heavy atom. The van der Waals surface area contributed by atoms with Gasteiger partial charge in [0.15, 0.2) is 0 Å². The Bertz CT molecular complexity index is 638. The number of para-hydroxylation sites is 1. The number of pyridine rings is 1. The molecule has 1 aromatic heterocycles. The van der Waals surface area contributed by atoms with Crippen molar-refractivity contribution < 1.29 is 19.4 Å². The van der Waals surface area contributed by atoms with Crippen molar-refractivity contribution in [1.29, 1.82) is 0 Å². The zero-order chi connectivity index (χ0) is 14.5. The summed E-state index contributed by atoms with van der Waals surface area (Å²) in [4.78, 5) is 25.9. The highest BCUT2D eigenvalue weighted by atomic mass is 16.5. The average Bonchev–Trinajstić information content (AvgIpc) is 2.45. The van der Waals surface area contributed by atoms with Gasteiger partial charge >= 0.3 is 5.97 Å². The van der Waals surface area contributed by atoms with Crippen LogP contribution in [0.5, 0.6) is 5.75 Å². The van der Waals surface area contributed by atoms with Crippen LogP contribution in [-0.2, 0) is 6.61 Å². The minimum atomic E-state index is -1.04. The summed E-state index contributed by atoms with van der Waals surface area (Å²) in [5, 5.41) is 8.76. The molecule has 1 amide bonds. The highest BCUT2D eigenvalue weighted by Gasteiger charge is 2.09. The van der Waals surface area contributed by atoms with Crippen molar-refractivity contribution in [3.05, 3.63) is 59.4 Å². The Labute approximate surface area is 114 Å². The number of rotatable bonds is 5. The monoisotopic (exact) mass is 272 g/mol. The SMILES string of the molecule is NC(=O)c1ccccc1OCc1ccc(C(=O)O)cn1. The molecule has 0 fully saturated rings. The van der Waals surface area contributed by atoms with Gasteiger partial charge in [-0.3, -0.25) is 9.78 Å². The van der Waals surface area contributed by atoms with E-state index in [-0.39, 0.29) is 17.7 Å². The summed E-state index contributed by atoms with van der Waals surface area (Å²) in [6.07, 6.45) is 1.25. The van der Waals surface area contributed by atoms with Crippen LogP contribution in [0.1, 0.15) is 26.4 Å². The van der Waals surface area contributed by atoms with Crippen LogP contribution in [0, 0.1) is 0 Å². The van der Waals surface area contributed by atoms with Crippen molar-refractivity contribution in [3.8, 4) is 5.75 Å². The number of hydrogen-bond acceptors (Lipinski definition) is 4. The molecule has 0 aliphatic carbocycles. The van der Waals surface area contributed by atoms with Gasteiger partial charge in [-0.05, 0) is 24.3 Å². The van der Waals surface area contributed by atoms with Gasteiger partial charge in [0.05, 0.1) is 16.8 Å². The molecule has 0 aliphatic rings. The Morgan fingerprint density at radius 1 is 1.20 bits per heavy atom. The van der Waals surface area contributed by atoms with Crippen LogP contribution in [0.4, 0.5) is 0 Å². The maximum Gasteiger partial charge on any atom is 0.337 e. The molecule has 3 N–H and O–H groups in total. The minimum absolute atomic E-state index is 0.103. The molecule has 0 unspecified atom stereocenters. The number of carboxylic acid groups (broad SMARTS) is 1. The van der Waals surface area contributed by atoms with Crippen molar-refractivity contribution in [2.75, 3.05) is 0 Å². The van der Waals surface area contributed by atoms with Crippen molar-refractivity contribution in [3.63, 3.8) is 0 Å². The summed E-state index contributed by atoms with van der Waals surface area (Å²) >= 11 is 0. The Balaban J connectivity index is 2.09. The van der Waals surface area contributed by atoms with Gasteiger partial charge in [0.25, 0.3) is 5.91 Å². The summed E-state index contributed by atoms with van der Waals surface area (Å²) < 4.78 is 5.47. The number of primary amides is 1. The van der Waals surface area contributed by atoms with Crippen LogP contribution < -0.4 is 10.5 Å². The molecule has 20 heavy (non-hydrogen) atoms. The summed E-state index contributed by atoms with van der Waals surface area (Å²) in [7, 11) is 0. The van der Waals surface area contributed by atoms with Gasteiger partial charge < -0.3 is 15.6 Å². The molecule has 6 heteroatoms. The Morgan fingerprint density at radius 2 is 1.95 bits per heavy atom. The molecule has 0 saturated carbocycles. The number of carbonyl (C=O) groups is 2. The first-order chi connectivity index (χ1) is 9.58. The number of aromatic carboxylic acids is 1. The molecule has 0 bridgehead atoms. The van der Waals surface area contributed by atoms with Crippen LogP contribution in [0.3, 0.4) is 0 Å². The summed E-state index contributed by atoms with van der Waals surface area (Å²) in [5.74, 6) is -1.25. The second-order valence-electron chi connectivity index (χ2n) is 3.99. The fourth-order valence-corrected chi connectivity index (χ4v) is 1.58. The van der Waals surface area contributed by atoms with Crippen LogP contribution in [0.25, 0.3) is 0 Å². The molecule has 102 valence electrons. The van der Waals surface area contributed by atoms with E-state index in [2.05, 4.69) is 4.98 Å². The topological polar surface area (TPSA) is 103 Å². The van der Waals surface area contributed by atoms with E-state index < -0.39 is 11.9 Å². The van der Waals surface area contributed by atoms with Crippen molar-refractivity contribution >= 4 is 11.9 Å². The smallest absolute Gasteiger partial charge is 0.337 e. The van der Waals surface area contributed by atoms with E-state index in [0.29, 0.717) is 11.4 Å². The number of carboxylic acids is 1. The Hall–Kier alpha value is -2.89. The van der Waals surface area contributed by atoms with E-state index in [9.17, 15) is 9.59 Å². The van der Waals surface area contributed by atoms with Crippen LogP contribution in [0.2, 0.25) is 0 Å². The molecule has 6 nitrogen and oxygen atoms in total. The summed E-state index contributed by atoms with van der Waals surface area (Å²) in [5.41, 5.74) is 6.18. The van der Waals surface area contributed by atoms with Gasteiger partial charge in [-0.15, -0.1) is 0 Å². The molecule has 1 aromatic carbocycles. The zero-order valence-corrected chi connectivity index (χ0v) is 10.4. The molecule has 1 heterocycles. The summed E-state index contributed by atoms with van der Waals surface area (Å²) in [6, 6.07) is 9.60. The summed E-state index contributed by atoms with van der Waals surface area (Å²) in [6.45, 7) is 0.115. The molecule has 0 atom stereocenters. The number of carbonyl (C=O) groups excluding carboxylic acids is 1. The normalized spacial score (nSPS) is 10.0. The highest BCUT2D eigenvalue weighted by molar-refractivity contribution is 5.95. The third-order valence-corrected chi connectivity index (χ3v) is 2.60. The van der Waals surface area contributed by atoms with Gasteiger partial charge in [0.1, 0.15) is 12.4 Å². The first kappa shape index (κ1) is 13.5. The average molecular weight is 272 g/mol. The standard InChI is InChI=1S/C14H12N2O4/c15-13(17)11-3-1-2-4-12(11)20-8-10-6-5-9(7-16-10)14(18)19/h1-7H,8H2,(H2,15,17)(H,18,19). The fraction of sp³-hybridized carbons (Fsp3) is 0.0714. The third-order valence-electron chi connectivity index (χ3n) is 2.60. The number of aromatic nitrogens is 1. The molecular formula is C14H12N2O4. The minimum Gasteiger partial charge on any atom is -0.486 e. The number of ether oxygens (including phenoxy) is 1. The van der Waals surface area contributed by atoms with Crippen LogP contribution in [-0.4, -0.2) is 22.0 Å². The van der Waals surface area contributed by atoms with Crippen LogP contribution in [0.15, 0.2) is 42.6 Å². The van der Waals surface area contributed by atoms with E-state index in [1.807, 2.05) is 0 Å². The van der Waals surface area contributed by atoms with Gasteiger partial charge in [-0.25, -0.2) is 4.79 Å². The van der Waals surface area contributed by atoms with Crippen LogP contribution >= 0.6 is 0 Å². The maximum atomic E-state index is 11.2. The second-order valence-corrected chi connectivity index (χ2v) is 3.99. The predicted molar refractivity (Wildman–Crippen MR) is 70.5 cm³/mol. The van der Waals surface area contributed by atoms with E-state index in [0.717, 1.165) is 0 Å². The molecule has 2 aromatic rings. The second kappa shape index (κ2) is 5.83. The molecule has 0 aliphatic heterocycles. The number of hydrogen-bond donors (Lipinski definition) is 2. The predicted octanol–water partition coefficient (Wildman–Crippen LogP) is 1.46. The number of amides is 1. The van der Waals surface area contributed by atoms with Gasteiger partial charge in [-0.1, -0.05) is 12.1 Å². The van der Waals surface area contributed by atoms with Gasteiger partial charge in [-0.2, -0.15) is 0 Å². The third kappa shape index (κ3) is 3.11. The quantitative estimate of drug-likeness (QED) is 0.857. The van der Waals surface area contributed by atoms with Gasteiger partial charge in [0.2, 0.25) is 0 Å². The number of nitrogens with zero attached hydrogens (tertiary/aromatic N) is 1. The maximum absolute atomic E-state index is 11.2. The van der Waals surface area contributed by atoms with E-state index in [1.54, 1.807) is 30.3 Å². The number of benzene rings is 1. The van der Waals surface area contributed by atoms with E-state index >= 15 is 0 Å². The highest BCUT2D eigenvalue weighted by Crippen LogP contribution is 2.18. The zero-order valence-electron chi connectivity index (χ0n) is 10.4. The first-order valence-corrected chi connectivity index (χ1v) is 5.78. The van der Waals surface area contributed by atoms with Gasteiger partial charge in [0, 0.05) is 6.20 Å². The lowest BCUT2D eigenvalue weighted by molar-refractivity contribution is 0.0696. The fourth-order valence-electron chi connectivity index (χ4n) is 1.58. The lowest BCUT2D eigenvalue weighted by atomic mass is 10.2. The lowest BCUT2D eigenvalue weighted by Gasteiger charge is -2.08. The molecule has 2 rings (SSSR count). The van der Waals surface area contributed by atoms with Crippen molar-refractivity contribution in [2.45, 2.75) is 6.61 Å². The largest absolute Gasteiger partial charge is 0.486 e. The van der Waals surface area contributed by atoms with E-state index in [4.69, 9.17) is 15.6 Å². The molecular weight excluding hydrogens is 260 g/mol. The molecule has 0 spiro atoms. The van der Waals surface area contributed by atoms with Crippen molar-refractivity contribution in [1.82, 2.24) is 4.98 Å². The Kier molecular flexibility index (Phi) is 3.95. The molecule has 0 saturated heterocycles. The van der Waals surface area contributed by atoms with Crippen molar-refractivity contribution in [2.24, 2.45) is 5.73 Å². The lowest BCUT2D eigenvalue weighted by Crippen LogP contribution is -2.13.